The Morgan fingerprint density at radius 2 is 1.36 bits per heavy atom. The fraction of sp³-hybridized carbons (Fsp3) is 0.895. The average molecular weight is 372 g/mol. The molecular weight excluding hydrogens is 338 g/mol. The van der Waals surface area contributed by atoms with Crippen molar-refractivity contribution in [3.05, 3.63) is 0 Å². The standard InChI is InChI=1S/C19H33N3O2.ClH/c1-13-12-17(10-11-20-13)22-19(24)15-6-8-16(9-7-15)21-18(23)14-4-2-3-5-14;/h13-17,20H,2-12H2,1H3,(H,21,23)(H,22,24);1H. The molecule has 1 heterocycles. The van der Waals surface area contributed by atoms with Crippen LogP contribution < -0.4 is 16.0 Å². The summed E-state index contributed by atoms with van der Waals surface area (Å²) in [5, 5.41) is 9.90. The highest BCUT2D eigenvalue weighted by Gasteiger charge is 2.31. The SMILES string of the molecule is CC1CC(NC(=O)C2CCC(NC(=O)C3CCCC3)CC2)CCN1.Cl. The van der Waals surface area contributed by atoms with E-state index >= 15 is 0 Å². The zero-order valence-electron chi connectivity index (χ0n) is 15.4. The van der Waals surface area contributed by atoms with Gasteiger partial charge in [0.25, 0.3) is 0 Å². The number of rotatable bonds is 4. The van der Waals surface area contributed by atoms with E-state index in [1.165, 1.54) is 12.8 Å². The molecule has 3 fully saturated rings. The van der Waals surface area contributed by atoms with Crippen molar-refractivity contribution < 1.29 is 9.59 Å². The number of amides is 2. The van der Waals surface area contributed by atoms with Gasteiger partial charge in [-0.1, -0.05) is 12.8 Å². The van der Waals surface area contributed by atoms with Gasteiger partial charge in [-0.25, -0.2) is 0 Å². The first-order valence-corrected chi connectivity index (χ1v) is 9.96. The molecule has 0 bridgehead atoms. The fourth-order valence-electron chi connectivity index (χ4n) is 4.59. The van der Waals surface area contributed by atoms with E-state index in [1.807, 2.05) is 0 Å². The van der Waals surface area contributed by atoms with Crippen LogP contribution in [0, 0.1) is 11.8 Å². The molecule has 3 N–H and O–H groups in total. The zero-order chi connectivity index (χ0) is 16.9. The van der Waals surface area contributed by atoms with Crippen molar-refractivity contribution in [3.8, 4) is 0 Å². The second kappa shape index (κ2) is 9.77. The van der Waals surface area contributed by atoms with Gasteiger partial charge in [-0.2, -0.15) is 0 Å². The van der Waals surface area contributed by atoms with Crippen molar-refractivity contribution >= 4 is 24.2 Å². The van der Waals surface area contributed by atoms with Crippen LogP contribution in [0.4, 0.5) is 0 Å². The van der Waals surface area contributed by atoms with Crippen LogP contribution in [0.1, 0.15) is 71.1 Å². The Kier molecular flexibility index (Phi) is 8.01. The Balaban J connectivity index is 0.00000225. The topological polar surface area (TPSA) is 70.2 Å². The van der Waals surface area contributed by atoms with Crippen LogP contribution >= 0.6 is 12.4 Å². The van der Waals surface area contributed by atoms with Crippen molar-refractivity contribution in [1.82, 2.24) is 16.0 Å². The molecule has 0 aromatic heterocycles. The second-order valence-corrected chi connectivity index (χ2v) is 8.12. The molecule has 2 atom stereocenters. The van der Waals surface area contributed by atoms with Crippen molar-refractivity contribution in [1.29, 1.82) is 0 Å². The molecule has 1 aliphatic heterocycles. The van der Waals surface area contributed by atoms with E-state index in [1.54, 1.807) is 0 Å². The molecule has 0 aromatic carbocycles. The van der Waals surface area contributed by atoms with Crippen LogP contribution in [0.5, 0.6) is 0 Å². The lowest BCUT2D eigenvalue weighted by atomic mass is 9.84. The third-order valence-electron chi connectivity index (χ3n) is 6.14. The first-order chi connectivity index (χ1) is 11.6. The maximum absolute atomic E-state index is 12.5. The van der Waals surface area contributed by atoms with Crippen molar-refractivity contribution in [2.75, 3.05) is 6.54 Å². The lowest BCUT2D eigenvalue weighted by molar-refractivity contribution is -0.127. The van der Waals surface area contributed by atoms with E-state index in [0.29, 0.717) is 12.1 Å². The van der Waals surface area contributed by atoms with E-state index in [9.17, 15) is 9.59 Å². The summed E-state index contributed by atoms with van der Waals surface area (Å²) in [6, 6.07) is 1.10. The van der Waals surface area contributed by atoms with E-state index in [4.69, 9.17) is 0 Å². The molecule has 3 rings (SSSR count). The van der Waals surface area contributed by atoms with Gasteiger partial charge in [0.1, 0.15) is 0 Å². The largest absolute Gasteiger partial charge is 0.353 e. The summed E-state index contributed by atoms with van der Waals surface area (Å²) in [6.45, 7) is 3.17. The molecule has 144 valence electrons. The van der Waals surface area contributed by atoms with Crippen LogP contribution in [0.15, 0.2) is 0 Å². The lowest BCUT2D eigenvalue weighted by Gasteiger charge is -2.32. The highest BCUT2D eigenvalue weighted by molar-refractivity contribution is 5.85. The highest BCUT2D eigenvalue weighted by atomic mass is 35.5. The van der Waals surface area contributed by atoms with Crippen LogP contribution in [0.25, 0.3) is 0 Å². The van der Waals surface area contributed by atoms with Crippen molar-refractivity contribution in [2.45, 2.75) is 89.3 Å². The number of piperidine rings is 1. The molecule has 2 aliphatic carbocycles. The quantitative estimate of drug-likeness (QED) is 0.711. The molecule has 0 aromatic rings. The summed E-state index contributed by atoms with van der Waals surface area (Å²) in [5.74, 6) is 0.863. The molecule has 0 radical (unpaired) electrons. The van der Waals surface area contributed by atoms with Gasteiger partial charge in [-0.05, 0) is 64.8 Å². The van der Waals surface area contributed by atoms with E-state index in [0.717, 1.165) is 57.9 Å². The Bertz CT molecular complexity index is 446. The van der Waals surface area contributed by atoms with Gasteiger partial charge in [0, 0.05) is 30.0 Å². The molecule has 2 saturated carbocycles. The first-order valence-electron chi connectivity index (χ1n) is 9.96. The molecule has 2 amide bonds. The molecule has 25 heavy (non-hydrogen) atoms. The minimum Gasteiger partial charge on any atom is -0.353 e. The van der Waals surface area contributed by atoms with E-state index in [-0.39, 0.29) is 42.1 Å². The zero-order valence-corrected chi connectivity index (χ0v) is 16.2. The molecular formula is C19H34ClN3O2. The van der Waals surface area contributed by atoms with E-state index < -0.39 is 0 Å². The third kappa shape index (κ3) is 5.85. The van der Waals surface area contributed by atoms with E-state index in [2.05, 4.69) is 22.9 Å². The predicted molar refractivity (Wildman–Crippen MR) is 102 cm³/mol. The van der Waals surface area contributed by atoms with Gasteiger partial charge in [-0.15, -0.1) is 12.4 Å². The Morgan fingerprint density at radius 1 is 0.800 bits per heavy atom. The van der Waals surface area contributed by atoms with Gasteiger partial charge < -0.3 is 16.0 Å². The molecule has 3 aliphatic rings. The van der Waals surface area contributed by atoms with Crippen LogP contribution in [-0.2, 0) is 9.59 Å². The molecule has 5 nitrogen and oxygen atoms in total. The summed E-state index contributed by atoms with van der Waals surface area (Å²) in [5.41, 5.74) is 0. The Hall–Kier alpha value is -0.810. The van der Waals surface area contributed by atoms with Gasteiger partial charge in [-0.3, -0.25) is 9.59 Å². The fourth-order valence-corrected chi connectivity index (χ4v) is 4.59. The lowest BCUT2D eigenvalue weighted by Crippen LogP contribution is -2.49. The summed E-state index contributed by atoms with van der Waals surface area (Å²) in [4.78, 5) is 24.7. The van der Waals surface area contributed by atoms with Crippen molar-refractivity contribution in [3.63, 3.8) is 0 Å². The number of nitrogens with one attached hydrogen (secondary N) is 3. The van der Waals surface area contributed by atoms with Gasteiger partial charge in [0.15, 0.2) is 0 Å². The smallest absolute Gasteiger partial charge is 0.223 e. The molecule has 0 spiro atoms. The summed E-state index contributed by atoms with van der Waals surface area (Å²) in [6.07, 6.45) is 10.3. The van der Waals surface area contributed by atoms with Crippen LogP contribution in [-0.4, -0.2) is 36.5 Å². The molecule has 2 unspecified atom stereocenters. The van der Waals surface area contributed by atoms with Gasteiger partial charge in [0.2, 0.25) is 11.8 Å². The van der Waals surface area contributed by atoms with Gasteiger partial charge in [0.05, 0.1) is 0 Å². The number of halogens is 1. The number of hydrogen-bond donors (Lipinski definition) is 3. The maximum atomic E-state index is 12.5. The third-order valence-corrected chi connectivity index (χ3v) is 6.14. The summed E-state index contributed by atoms with van der Waals surface area (Å²) >= 11 is 0. The monoisotopic (exact) mass is 371 g/mol. The minimum absolute atomic E-state index is 0. The Morgan fingerprint density at radius 3 is 1.96 bits per heavy atom. The predicted octanol–water partition coefficient (Wildman–Crippen LogP) is 2.53. The number of carbonyl (C=O) groups excluding carboxylic acids is 2. The Labute approximate surface area is 157 Å². The first kappa shape index (κ1) is 20.5. The highest BCUT2D eigenvalue weighted by Crippen LogP contribution is 2.28. The van der Waals surface area contributed by atoms with Crippen LogP contribution in [0.2, 0.25) is 0 Å². The average Bonchev–Trinajstić information content (AvgIpc) is 3.10. The van der Waals surface area contributed by atoms with Crippen molar-refractivity contribution in [2.24, 2.45) is 11.8 Å². The molecule has 1 saturated heterocycles. The second-order valence-electron chi connectivity index (χ2n) is 8.12. The normalized spacial score (nSPS) is 33.3. The van der Waals surface area contributed by atoms with Crippen LogP contribution in [0.3, 0.4) is 0 Å². The number of hydrogen-bond acceptors (Lipinski definition) is 3. The minimum atomic E-state index is 0. The number of carbonyl (C=O) groups is 2. The summed E-state index contributed by atoms with van der Waals surface area (Å²) < 4.78 is 0. The molecule has 6 heteroatoms. The summed E-state index contributed by atoms with van der Waals surface area (Å²) in [7, 11) is 0. The van der Waals surface area contributed by atoms with Gasteiger partial charge >= 0.3 is 0 Å². The maximum Gasteiger partial charge on any atom is 0.223 e.